The summed E-state index contributed by atoms with van der Waals surface area (Å²) in [4.78, 5) is 17.3. The molecule has 0 atom stereocenters. The molecule has 1 aromatic heterocycles. The molecule has 2 aromatic carbocycles. The van der Waals surface area contributed by atoms with Gasteiger partial charge in [-0.1, -0.05) is 48.5 Å². The van der Waals surface area contributed by atoms with E-state index in [9.17, 15) is 4.79 Å². The lowest BCUT2D eigenvalue weighted by atomic mass is 10.1. The molecule has 1 fully saturated rings. The molecule has 25 heavy (non-hydrogen) atoms. The third-order valence-electron chi connectivity index (χ3n) is 5.01. The first-order valence-electron chi connectivity index (χ1n) is 8.82. The Labute approximate surface area is 148 Å². The molecule has 1 amide bonds. The van der Waals surface area contributed by atoms with E-state index in [4.69, 9.17) is 0 Å². The Morgan fingerprint density at radius 2 is 1.60 bits per heavy atom. The normalized spacial score (nSPS) is 15.6. The van der Waals surface area contributed by atoms with Gasteiger partial charge in [0.2, 0.25) is 0 Å². The summed E-state index contributed by atoms with van der Waals surface area (Å²) in [6, 6.07) is 18.6. The summed E-state index contributed by atoms with van der Waals surface area (Å²) in [6.07, 6.45) is 2.03. The Morgan fingerprint density at radius 3 is 2.36 bits per heavy atom. The first-order chi connectivity index (χ1) is 12.2. The second kappa shape index (κ2) is 6.73. The Morgan fingerprint density at radius 1 is 0.920 bits per heavy atom. The molecule has 4 nitrogen and oxygen atoms in total. The van der Waals surface area contributed by atoms with Crippen molar-refractivity contribution in [2.75, 3.05) is 33.2 Å². The average molecular weight is 333 g/mol. The molecular formula is C21H23N3O. The molecule has 1 aliphatic heterocycles. The van der Waals surface area contributed by atoms with E-state index >= 15 is 0 Å². The topological polar surface area (TPSA) is 28.5 Å². The van der Waals surface area contributed by atoms with Gasteiger partial charge in [0.1, 0.15) is 0 Å². The van der Waals surface area contributed by atoms with Crippen LogP contribution in [0.5, 0.6) is 0 Å². The van der Waals surface area contributed by atoms with E-state index in [0.717, 1.165) is 49.2 Å². The van der Waals surface area contributed by atoms with Crippen LogP contribution in [-0.4, -0.2) is 53.5 Å². The number of nitrogens with zero attached hydrogens (tertiary/aromatic N) is 3. The fourth-order valence-corrected chi connectivity index (χ4v) is 3.51. The number of likely N-dealkylation sites (N-methyl/N-ethyl adjacent to an activating group) is 1. The second-order valence-corrected chi connectivity index (χ2v) is 6.77. The molecule has 4 rings (SSSR count). The third kappa shape index (κ3) is 3.17. The van der Waals surface area contributed by atoms with Gasteiger partial charge in [-0.05, 0) is 18.7 Å². The van der Waals surface area contributed by atoms with Crippen LogP contribution in [0.15, 0.2) is 60.8 Å². The lowest BCUT2D eigenvalue weighted by molar-refractivity contribution is 0.0666. The summed E-state index contributed by atoms with van der Waals surface area (Å²) in [7, 11) is 2.10. The number of amides is 1. The summed E-state index contributed by atoms with van der Waals surface area (Å²) in [5.74, 6) is 0.149. The highest BCUT2D eigenvalue weighted by molar-refractivity contribution is 6.07. The van der Waals surface area contributed by atoms with E-state index in [2.05, 4.69) is 52.9 Å². The summed E-state index contributed by atoms with van der Waals surface area (Å²) in [5.41, 5.74) is 3.17. The molecule has 128 valence electrons. The maximum Gasteiger partial charge on any atom is 0.256 e. The Balaban J connectivity index is 1.68. The predicted molar refractivity (Wildman–Crippen MR) is 101 cm³/mol. The molecule has 2 heterocycles. The van der Waals surface area contributed by atoms with Crippen molar-refractivity contribution in [3.63, 3.8) is 0 Å². The fourth-order valence-electron chi connectivity index (χ4n) is 3.51. The zero-order chi connectivity index (χ0) is 17.2. The molecular weight excluding hydrogens is 310 g/mol. The highest BCUT2D eigenvalue weighted by Gasteiger charge is 2.23. The summed E-state index contributed by atoms with van der Waals surface area (Å²) in [6.45, 7) is 4.25. The van der Waals surface area contributed by atoms with Gasteiger partial charge in [-0.3, -0.25) is 4.79 Å². The molecule has 0 unspecified atom stereocenters. The molecule has 0 aliphatic carbocycles. The van der Waals surface area contributed by atoms with E-state index in [-0.39, 0.29) is 5.91 Å². The van der Waals surface area contributed by atoms with Crippen LogP contribution >= 0.6 is 0 Å². The minimum atomic E-state index is 0.149. The van der Waals surface area contributed by atoms with Crippen molar-refractivity contribution < 1.29 is 4.79 Å². The molecule has 0 spiro atoms. The molecule has 0 bridgehead atoms. The molecule has 0 radical (unpaired) electrons. The molecule has 0 N–H and O–H groups in total. The summed E-state index contributed by atoms with van der Waals surface area (Å²) >= 11 is 0. The van der Waals surface area contributed by atoms with Crippen LogP contribution in [0, 0.1) is 0 Å². The van der Waals surface area contributed by atoms with Crippen LogP contribution in [0.25, 0.3) is 10.9 Å². The van der Waals surface area contributed by atoms with Gasteiger partial charge in [0.25, 0.3) is 5.91 Å². The van der Waals surface area contributed by atoms with E-state index in [1.165, 1.54) is 5.56 Å². The Hall–Kier alpha value is -2.59. The van der Waals surface area contributed by atoms with Crippen molar-refractivity contribution in [1.82, 2.24) is 14.4 Å². The summed E-state index contributed by atoms with van der Waals surface area (Å²) < 4.78 is 2.19. The number of para-hydroxylation sites is 1. The second-order valence-electron chi connectivity index (χ2n) is 6.77. The SMILES string of the molecule is CN1CCN(C(=O)c2cn(Cc3ccccc3)c3ccccc23)CC1. The highest BCUT2D eigenvalue weighted by Crippen LogP contribution is 2.24. The first kappa shape index (κ1) is 15.9. The first-order valence-corrected chi connectivity index (χ1v) is 8.82. The zero-order valence-electron chi connectivity index (χ0n) is 14.6. The summed E-state index contributed by atoms with van der Waals surface area (Å²) in [5, 5.41) is 1.04. The Bertz CT molecular complexity index is 877. The van der Waals surface area contributed by atoms with Crippen LogP contribution in [0.4, 0.5) is 0 Å². The van der Waals surface area contributed by atoms with Gasteiger partial charge in [0.05, 0.1) is 5.56 Å². The van der Waals surface area contributed by atoms with Gasteiger partial charge >= 0.3 is 0 Å². The van der Waals surface area contributed by atoms with E-state index in [1.807, 2.05) is 29.3 Å². The fraction of sp³-hybridized carbons (Fsp3) is 0.286. The minimum Gasteiger partial charge on any atom is -0.342 e. The van der Waals surface area contributed by atoms with Crippen LogP contribution < -0.4 is 0 Å². The number of rotatable bonds is 3. The van der Waals surface area contributed by atoms with Crippen LogP contribution in [0.2, 0.25) is 0 Å². The molecule has 4 heteroatoms. The number of carbonyl (C=O) groups excluding carboxylic acids is 1. The van der Waals surface area contributed by atoms with Gasteiger partial charge in [-0.15, -0.1) is 0 Å². The van der Waals surface area contributed by atoms with Gasteiger partial charge < -0.3 is 14.4 Å². The van der Waals surface area contributed by atoms with Gasteiger partial charge in [0, 0.05) is 49.8 Å². The third-order valence-corrected chi connectivity index (χ3v) is 5.01. The van der Waals surface area contributed by atoms with Gasteiger partial charge in [0.15, 0.2) is 0 Å². The zero-order valence-corrected chi connectivity index (χ0v) is 14.6. The number of hydrogen-bond acceptors (Lipinski definition) is 2. The van der Waals surface area contributed by atoms with Crippen molar-refractivity contribution >= 4 is 16.8 Å². The van der Waals surface area contributed by atoms with Gasteiger partial charge in [-0.25, -0.2) is 0 Å². The van der Waals surface area contributed by atoms with E-state index < -0.39 is 0 Å². The van der Waals surface area contributed by atoms with Crippen molar-refractivity contribution in [1.29, 1.82) is 0 Å². The number of hydrogen-bond donors (Lipinski definition) is 0. The number of aromatic nitrogens is 1. The van der Waals surface area contributed by atoms with E-state index in [1.54, 1.807) is 0 Å². The quantitative estimate of drug-likeness (QED) is 0.737. The molecule has 0 saturated carbocycles. The minimum absolute atomic E-state index is 0.149. The van der Waals surface area contributed by atoms with Gasteiger partial charge in [-0.2, -0.15) is 0 Å². The number of benzene rings is 2. The lowest BCUT2D eigenvalue weighted by Gasteiger charge is -2.32. The standard InChI is InChI=1S/C21H23N3O/c1-22-11-13-23(14-12-22)21(25)19-16-24(15-17-7-3-2-4-8-17)20-10-6-5-9-18(19)20/h2-10,16H,11-15H2,1H3. The maximum absolute atomic E-state index is 13.1. The molecule has 1 aliphatic rings. The highest BCUT2D eigenvalue weighted by atomic mass is 16.2. The van der Waals surface area contributed by atoms with Crippen molar-refractivity contribution in [2.24, 2.45) is 0 Å². The van der Waals surface area contributed by atoms with Crippen molar-refractivity contribution in [3.8, 4) is 0 Å². The molecule has 1 saturated heterocycles. The maximum atomic E-state index is 13.1. The van der Waals surface area contributed by atoms with Crippen LogP contribution in [0.3, 0.4) is 0 Å². The number of piperazine rings is 1. The number of carbonyl (C=O) groups is 1. The predicted octanol–water partition coefficient (Wildman–Crippen LogP) is 3.08. The largest absolute Gasteiger partial charge is 0.342 e. The average Bonchev–Trinajstić information content (AvgIpc) is 3.01. The lowest BCUT2D eigenvalue weighted by Crippen LogP contribution is -2.47. The smallest absolute Gasteiger partial charge is 0.256 e. The monoisotopic (exact) mass is 333 g/mol. The molecule has 3 aromatic rings. The van der Waals surface area contributed by atoms with Crippen LogP contribution in [-0.2, 0) is 6.54 Å². The van der Waals surface area contributed by atoms with Crippen molar-refractivity contribution in [3.05, 3.63) is 71.9 Å². The Kier molecular flexibility index (Phi) is 4.28. The van der Waals surface area contributed by atoms with Crippen molar-refractivity contribution in [2.45, 2.75) is 6.54 Å². The number of fused-ring (bicyclic) bond motifs is 1. The van der Waals surface area contributed by atoms with E-state index in [0.29, 0.717) is 0 Å². The van der Waals surface area contributed by atoms with Crippen LogP contribution in [0.1, 0.15) is 15.9 Å².